The minimum absolute atomic E-state index is 0.175. The van der Waals surface area contributed by atoms with Gasteiger partial charge >= 0.3 is 5.97 Å². The number of rotatable bonds is 9. The first-order valence-electron chi connectivity index (χ1n) is 11.2. The van der Waals surface area contributed by atoms with Gasteiger partial charge in [-0.2, -0.15) is 0 Å². The van der Waals surface area contributed by atoms with Crippen LogP contribution < -0.4 is 4.74 Å². The summed E-state index contributed by atoms with van der Waals surface area (Å²) < 4.78 is 10.7. The molecule has 4 aromatic rings. The number of carbonyl (C=O) groups is 1. The van der Waals surface area contributed by atoms with Gasteiger partial charge < -0.3 is 9.47 Å². The van der Waals surface area contributed by atoms with Gasteiger partial charge in [-0.05, 0) is 45.5 Å². The predicted molar refractivity (Wildman–Crippen MR) is 137 cm³/mol. The zero-order chi connectivity index (χ0) is 23.6. The molecule has 0 saturated heterocycles. The summed E-state index contributed by atoms with van der Waals surface area (Å²) in [5.74, 6) is 0.262. The van der Waals surface area contributed by atoms with E-state index in [1.807, 2.05) is 30.3 Å². The van der Waals surface area contributed by atoms with Gasteiger partial charge in [0, 0.05) is 6.08 Å². The van der Waals surface area contributed by atoms with Crippen LogP contribution in [0.1, 0.15) is 22.3 Å². The van der Waals surface area contributed by atoms with E-state index >= 15 is 0 Å². The fourth-order valence-electron chi connectivity index (χ4n) is 3.80. The molecule has 0 aromatic heterocycles. The Morgan fingerprint density at radius 3 is 1.41 bits per heavy atom. The van der Waals surface area contributed by atoms with E-state index in [9.17, 15) is 4.79 Å². The molecule has 0 spiro atoms. The first kappa shape index (κ1) is 22.8. The lowest BCUT2D eigenvalue weighted by atomic mass is 9.86. The molecule has 0 amide bonds. The third kappa shape index (κ3) is 5.70. The number of benzene rings is 4. The summed E-state index contributed by atoms with van der Waals surface area (Å²) in [7, 11) is 0. The van der Waals surface area contributed by atoms with Crippen LogP contribution in [0.4, 0.5) is 0 Å². The van der Waals surface area contributed by atoms with E-state index < -0.39 is 5.97 Å². The molecule has 4 rings (SSSR count). The molecular weight excluding hydrogens is 420 g/mol. The minimum Gasteiger partial charge on any atom is -0.490 e. The topological polar surface area (TPSA) is 35.5 Å². The van der Waals surface area contributed by atoms with Gasteiger partial charge in [0.15, 0.2) is 0 Å². The Bertz CT molecular complexity index is 1200. The molecule has 0 atom stereocenters. The third-order valence-electron chi connectivity index (χ3n) is 5.34. The average Bonchev–Trinajstić information content (AvgIpc) is 2.91. The molecule has 168 valence electrons. The zero-order valence-corrected chi connectivity index (χ0v) is 18.9. The van der Waals surface area contributed by atoms with E-state index in [1.165, 1.54) is 0 Å². The maximum Gasteiger partial charge on any atom is 0.330 e. The maximum absolute atomic E-state index is 11.2. The van der Waals surface area contributed by atoms with Crippen LogP contribution in [0.2, 0.25) is 0 Å². The van der Waals surface area contributed by atoms with Crippen molar-refractivity contribution in [2.75, 3.05) is 13.2 Å². The van der Waals surface area contributed by atoms with Crippen molar-refractivity contribution in [3.63, 3.8) is 0 Å². The normalized spacial score (nSPS) is 10.2. The van der Waals surface area contributed by atoms with Crippen LogP contribution >= 0.6 is 0 Å². The lowest BCUT2D eigenvalue weighted by molar-refractivity contribution is -0.138. The fourth-order valence-corrected chi connectivity index (χ4v) is 3.80. The van der Waals surface area contributed by atoms with Gasteiger partial charge in [-0.1, -0.05) is 110 Å². The van der Waals surface area contributed by atoms with Crippen molar-refractivity contribution in [1.29, 1.82) is 0 Å². The third-order valence-corrected chi connectivity index (χ3v) is 5.34. The monoisotopic (exact) mass is 446 g/mol. The summed E-state index contributed by atoms with van der Waals surface area (Å²) in [6.45, 7) is 3.84. The van der Waals surface area contributed by atoms with Gasteiger partial charge in [-0.25, -0.2) is 4.79 Å². The molecule has 3 heteroatoms. The van der Waals surface area contributed by atoms with Gasteiger partial charge in [0.25, 0.3) is 0 Å². The average molecular weight is 447 g/mol. The summed E-state index contributed by atoms with van der Waals surface area (Å²) in [6.07, 6.45) is 1.14. The standard InChI is InChI=1S/C31H26O3/c1-2-29(32)34-23-22-33-28-20-18-27(19-21-28)31(26-16-10-5-11-17-26)30(24-12-6-3-7-13-24)25-14-8-4-9-15-25/h2-21H,1,22-23H2. The zero-order valence-electron chi connectivity index (χ0n) is 18.9. The maximum atomic E-state index is 11.2. The Morgan fingerprint density at radius 1 is 0.588 bits per heavy atom. The summed E-state index contributed by atoms with van der Waals surface area (Å²) in [6, 6.07) is 39.4. The molecule has 0 radical (unpaired) electrons. The van der Waals surface area contributed by atoms with Gasteiger partial charge in [-0.15, -0.1) is 0 Å². The molecule has 0 bridgehead atoms. The van der Waals surface area contributed by atoms with Crippen LogP contribution in [0.15, 0.2) is 128 Å². The highest BCUT2D eigenvalue weighted by Crippen LogP contribution is 2.37. The van der Waals surface area contributed by atoms with E-state index in [4.69, 9.17) is 9.47 Å². The smallest absolute Gasteiger partial charge is 0.330 e. The Balaban J connectivity index is 1.75. The molecule has 4 aromatic carbocycles. The highest BCUT2D eigenvalue weighted by Gasteiger charge is 2.16. The van der Waals surface area contributed by atoms with Crippen molar-refractivity contribution in [2.45, 2.75) is 0 Å². The Morgan fingerprint density at radius 2 is 1.00 bits per heavy atom. The van der Waals surface area contributed by atoms with Crippen LogP contribution in [0, 0.1) is 0 Å². The van der Waals surface area contributed by atoms with Gasteiger partial charge in [0.1, 0.15) is 19.0 Å². The van der Waals surface area contributed by atoms with Gasteiger partial charge in [0.05, 0.1) is 0 Å². The Kier molecular flexibility index (Phi) is 7.70. The molecule has 0 saturated carbocycles. The molecule has 0 unspecified atom stereocenters. The second kappa shape index (κ2) is 11.5. The number of hydrogen-bond donors (Lipinski definition) is 0. The van der Waals surface area contributed by atoms with Crippen molar-refractivity contribution >= 4 is 17.1 Å². The highest BCUT2D eigenvalue weighted by molar-refractivity contribution is 6.04. The largest absolute Gasteiger partial charge is 0.490 e. The predicted octanol–water partition coefficient (Wildman–Crippen LogP) is 6.80. The SMILES string of the molecule is C=CC(=O)OCCOc1ccc(C(=C(c2ccccc2)c2ccccc2)c2ccccc2)cc1. The summed E-state index contributed by atoms with van der Waals surface area (Å²) in [5.41, 5.74) is 6.82. The van der Waals surface area contributed by atoms with Crippen molar-refractivity contribution < 1.29 is 14.3 Å². The van der Waals surface area contributed by atoms with Crippen LogP contribution in [0.5, 0.6) is 5.75 Å². The van der Waals surface area contributed by atoms with Crippen molar-refractivity contribution in [3.05, 3.63) is 150 Å². The highest BCUT2D eigenvalue weighted by atomic mass is 16.6. The molecule has 0 aliphatic rings. The van der Waals surface area contributed by atoms with Gasteiger partial charge in [-0.3, -0.25) is 0 Å². The van der Waals surface area contributed by atoms with E-state index in [1.54, 1.807) is 0 Å². The summed E-state index contributed by atoms with van der Waals surface area (Å²) >= 11 is 0. The van der Waals surface area contributed by atoms with Crippen LogP contribution in [-0.2, 0) is 9.53 Å². The van der Waals surface area contributed by atoms with E-state index in [0.717, 1.165) is 39.5 Å². The second-order valence-electron chi connectivity index (χ2n) is 7.59. The fraction of sp³-hybridized carbons (Fsp3) is 0.0645. The Hall–Kier alpha value is -4.37. The van der Waals surface area contributed by atoms with Crippen molar-refractivity contribution in [2.24, 2.45) is 0 Å². The molecule has 34 heavy (non-hydrogen) atoms. The first-order chi connectivity index (χ1) is 16.8. The van der Waals surface area contributed by atoms with Crippen LogP contribution in [-0.4, -0.2) is 19.2 Å². The Labute approximate surface area is 200 Å². The molecule has 0 fully saturated rings. The van der Waals surface area contributed by atoms with Crippen LogP contribution in [0.3, 0.4) is 0 Å². The first-order valence-corrected chi connectivity index (χ1v) is 11.2. The minimum atomic E-state index is -0.453. The number of hydrogen-bond acceptors (Lipinski definition) is 3. The lowest BCUT2D eigenvalue weighted by Crippen LogP contribution is -2.10. The molecular formula is C31H26O3. The lowest BCUT2D eigenvalue weighted by Gasteiger charge is -2.18. The van der Waals surface area contributed by atoms with Crippen molar-refractivity contribution in [3.8, 4) is 5.75 Å². The molecule has 0 aliphatic heterocycles. The van der Waals surface area contributed by atoms with E-state index in [0.29, 0.717) is 5.75 Å². The molecule has 0 N–H and O–H groups in total. The summed E-state index contributed by atoms with van der Waals surface area (Å²) in [4.78, 5) is 11.2. The van der Waals surface area contributed by atoms with E-state index in [-0.39, 0.29) is 13.2 Å². The molecule has 0 aliphatic carbocycles. The van der Waals surface area contributed by atoms with Crippen molar-refractivity contribution in [1.82, 2.24) is 0 Å². The number of esters is 1. The summed E-state index contributed by atoms with van der Waals surface area (Å²) in [5, 5.41) is 0. The quantitative estimate of drug-likeness (QED) is 0.123. The number of ether oxygens (including phenoxy) is 2. The van der Waals surface area contributed by atoms with E-state index in [2.05, 4.69) is 91.5 Å². The van der Waals surface area contributed by atoms with Gasteiger partial charge in [0.2, 0.25) is 0 Å². The number of carbonyl (C=O) groups excluding carboxylic acids is 1. The molecule has 3 nitrogen and oxygen atoms in total. The van der Waals surface area contributed by atoms with Crippen LogP contribution in [0.25, 0.3) is 11.1 Å². The molecule has 0 heterocycles. The second-order valence-corrected chi connectivity index (χ2v) is 7.59.